The molecule has 0 radical (unpaired) electrons. The van der Waals surface area contributed by atoms with Crippen molar-refractivity contribution in [2.45, 2.75) is 13.3 Å². The Morgan fingerprint density at radius 3 is 2.49 bits per heavy atom. The summed E-state index contributed by atoms with van der Waals surface area (Å²) in [6.45, 7) is 2.44. The van der Waals surface area contributed by atoms with E-state index in [-0.39, 0.29) is 13.0 Å². The first-order chi connectivity index (χ1) is 17.1. The van der Waals surface area contributed by atoms with E-state index in [0.29, 0.717) is 12.4 Å². The van der Waals surface area contributed by atoms with Crippen molar-refractivity contribution in [2.24, 2.45) is 0 Å². The molecule has 0 spiro atoms. The number of imidazole rings is 1. The molecule has 0 aliphatic heterocycles. The number of benzene rings is 3. The largest absolute Gasteiger partial charge is 0.491 e. The van der Waals surface area contributed by atoms with Gasteiger partial charge < -0.3 is 14.4 Å². The average Bonchev–Trinajstić information content (AvgIpc) is 3.39. The summed E-state index contributed by atoms with van der Waals surface area (Å²) in [5.74, 6) is -0.218. The zero-order chi connectivity index (χ0) is 24.5. The molecular formula is C28H27N3O4. The van der Waals surface area contributed by atoms with Crippen molar-refractivity contribution >= 4 is 17.9 Å². The summed E-state index contributed by atoms with van der Waals surface area (Å²) in [5.41, 5.74) is 8.59. The number of carbonyl (C=O) groups is 1. The van der Waals surface area contributed by atoms with E-state index in [1.54, 1.807) is 24.7 Å². The number of carboxylic acid groups (broad SMARTS) is 1. The maximum Gasteiger partial charge on any atom is 0.307 e. The number of hydroxylamine groups is 1. The Kier molecular flexibility index (Phi) is 7.93. The van der Waals surface area contributed by atoms with E-state index >= 15 is 0 Å². The highest BCUT2D eigenvalue weighted by Gasteiger charge is 2.09. The van der Waals surface area contributed by atoms with Crippen molar-refractivity contribution in [3.05, 3.63) is 108 Å². The highest BCUT2D eigenvalue weighted by molar-refractivity contribution is 5.75. The van der Waals surface area contributed by atoms with E-state index in [1.807, 2.05) is 60.3 Å². The van der Waals surface area contributed by atoms with Gasteiger partial charge in [0.05, 0.1) is 18.4 Å². The van der Waals surface area contributed by atoms with Gasteiger partial charge in [0.25, 0.3) is 0 Å². The van der Waals surface area contributed by atoms with Crippen LogP contribution in [0.15, 0.2) is 91.5 Å². The molecule has 178 valence electrons. The van der Waals surface area contributed by atoms with Gasteiger partial charge in [0.15, 0.2) is 0 Å². The molecule has 0 bridgehead atoms. The maximum absolute atomic E-state index is 11.0. The molecule has 1 heterocycles. The van der Waals surface area contributed by atoms with Gasteiger partial charge in [-0.15, -0.1) is 0 Å². The summed E-state index contributed by atoms with van der Waals surface area (Å²) < 4.78 is 7.66. The molecule has 35 heavy (non-hydrogen) atoms. The Hall–Kier alpha value is -4.36. The summed E-state index contributed by atoms with van der Waals surface area (Å²) in [5, 5.41) is 9.06. The minimum atomic E-state index is -0.869. The first-order valence-electron chi connectivity index (χ1n) is 11.3. The molecule has 0 atom stereocenters. The molecule has 7 nitrogen and oxygen atoms in total. The van der Waals surface area contributed by atoms with Crippen LogP contribution in [-0.2, 0) is 16.1 Å². The fourth-order valence-corrected chi connectivity index (χ4v) is 3.62. The molecule has 0 aliphatic rings. The fraction of sp³-hybridized carbons (Fsp3) is 0.143. The lowest BCUT2D eigenvalue weighted by Crippen LogP contribution is -2.18. The standard InChI is InChI=1S/C28H27N3O4/c1-21-25(18-28(32)33)8-5-9-27(21)34-16-17-35-30-26(19-31-15-14-29-20-31)24-12-10-23(11-13-24)22-6-3-2-4-7-22/h2-15,19-20,30H,16-18H2,1H3,(H,32,33). The number of hydrogen-bond acceptors (Lipinski definition) is 5. The summed E-state index contributed by atoms with van der Waals surface area (Å²) in [6, 6.07) is 23.9. The van der Waals surface area contributed by atoms with Crippen molar-refractivity contribution in [3.8, 4) is 16.9 Å². The predicted molar refractivity (Wildman–Crippen MR) is 135 cm³/mol. The lowest BCUT2D eigenvalue weighted by Gasteiger charge is -2.14. The van der Waals surface area contributed by atoms with E-state index in [2.05, 4.69) is 34.7 Å². The van der Waals surface area contributed by atoms with Crippen LogP contribution < -0.4 is 10.2 Å². The highest BCUT2D eigenvalue weighted by atomic mass is 16.7. The molecule has 0 amide bonds. The Balaban J connectivity index is 1.38. The van der Waals surface area contributed by atoms with Crippen LogP contribution in [0.25, 0.3) is 23.0 Å². The first-order valence-corrected chi connectivity index (χ1v) is 11.3. The van der Waals surface area contributed by atoms with Crippen molar-refractivity contribution < 1.29 is 19.5 Å². The first kappa shape index (κ1) is 23.8. The normalized spacial score (nSPS) is 11.3. The van der Waals surface area contributed by atoms with E-state index < -0.39 is 5.97 Å². The van der Waals surface area contributed by atoms with Crippen LogP contribution in [0.4, 0.5) is 0 Å². The van der Waals surface area contributed by atoms with Gasteiger partial charge in [0.2, 0.25) is 0 Å². The van der Waals surface area contributed by atoms with E-state index in [9.17, 15) is 4.79 Å². The molecule has 3 aromatic carbocycles. The molecule has 7 heteroatoms. The number of aromatic nitrogens is 2. The second-order valence-corrected chi connectivity index (χ2v) is 7.91. The van der Waals surface area contributed by atoms with Gasteiger partial charge in [0, 0.05) is 24.2 Å². The molecule has 0 saturated carbocycles. The lowest BCUT2D eigenvalue weighted by atomic mass is 10.0. The zero-order valence-electron chi connectivity index (χ0n) is 19.4. The van der Waals surface area contributed by atoms with Gasteiger partial charge in [-0.2, -0.15) is 0 Å². The minimum absolute atomic E-state index is 0.0352. The smallest absolute Gasteiger partial charge is 0.307 e. The third-order valence-corrected chi connectivity index (χ3v) is 5.47. The molecular weight excluding hydrogens is 442 g/mol. The Labute approximate surface area is 204 Å². The number of carboxylic acids is 1. The number of nitrogens with one attached hydrogen (secondary N) is 1. The van der Waals surface area contributed by atoms with Crippen LogP contribution >= 0.6 is 0 Å². The van der Waals surface area contributed by atoms with Gasteiger partial charge in [-0.05, 0) is 35.2 Å². The Bertz CT molecular complexity index is 1270. The SMILES string of the molecule is Cc1c(CC(=O)O)cccc1OCCONC(=Cn1ccnc1)c1ccc(-c2ccccc2)cc1. The second-order valence-electron chi connectivity index (χ2n) is 7.91. The summed E-state index contributed by atoms with van der Waals surface area (Å²) in [6.07, 6.45) is 7.12. The van der Waals surface area contributed by atoms with Crippen molar-refractivity contribution in [3.63, 3.8) is 0 Å². The minimum Gasteiger partial charge on any atom is -0.491 e. The van der Waals surface area contributed by atoms with E-state index in [4.69, 9.17) is 14.7 Å². The molecule has 0 unspecified atom stereocenters. The maximum atomic E-state index is 11.0. The number of ether oxygens (including phenoxy) is 1. The van der Waals surface area contributed by atoms with E-state index in [1.165, 1.54) is 0 Å². The van der Waals surface area contributed by atoms with Crippen LogP contribution in [-0.4, -0.2) is 33.8 Å². The fourth-order valence-electron chi connectivity index (χ4n) is 3.62. The zero-order valence-corrected chi connectivity index (χ0v) is 19.4. The third-order valence-electron chi connectivity index (χ3n) is 5.47. The summed E-state index contributed by atoms with van der Waals surface area (Å²) in [4.78, 5) is 20.8. The van der Waals surface area contributed by atoms with Gasteiger partial charge in [-0.1, -0.05) is 66.7 Å². The monoisotopic (exact) mass is 469 g/mol. The molecule has 0 fully saturated rings. The summed E-state index contributed by atoms with van der Waals surface area (Å²) >= 11 is 0. The van der Waals surface area contributed by atoms with Gasteiger partial charge in [0.1, 0.15) is 19.0 Å². The Morgan fingerprint density at radius 1 is 1.00 bits per heavy atom. The molecule has 4 aromatic rings. The van der Waals surface area contributed by atoms with Crippen LogP contribution in [0.3, 0.4) is 0 Å². The van der Waals surface area contributed by atoms with Gasteiger partial charge >= 0.3 is 5.97 Å². The highest BCUT2D eigenvalue weighted by Crippen LogP contribution is 2.23. The number of aliphatic carboxylic acids is 1. The molecule has 0 saturated heterocycles. The molecule has 0 aliphatic carbocycles. The Morgan fingerprint density at radius 2 is 1.77 bits per heavy atom. The number of hydrogen-bond donors (Lipinski definition) is 2. The molecule has 1 aromatic heterocycles. The van der Waals surface area contributed by atoms with Crippen molar-refractivity contribution in [2.75, 3.05) is 13.2 Å². The molecule has 4 rings (SSSR count). The van der Waals surface area contributed by atoms with Crippen LogP contribution in [0.2, 0.25) is 0 Å². The predicted octanol–water partition coefficient (Wildman–Crippen LogP) is 5.04. The number of rotatable bonds is 11. The lowest BCUT2D eigenvalue weighted by molar-refractivity contribution is -0.136. The quantitative estimate of drug-likeness (QED) is 0.236. The van der Waals surface area contributed by atoms with Crippen LogP contribution in [0, 0.1) is 6.92 Å². The van der Waals surface area contributed by atoms with Crippen molar-refractivity contribution in [1.29, 1.82) is 0 Å². The molecule has 2 N–H and O–H groups in total. The topological polar surface area (TPSA) is 85.6 Å². The van der Waals surface area contributed by atoms with Crippen molar-refractivity contribution in [1.82, 2.24) is 15.0 Å². The summed E-state index contributed by atoms with van der Waals surface area (Å²) in [7, 11) is 0. The third kappa shape index (κ3) is 6.59. The van der Waals surface area contributed by atoms with Gasteiger partial charge in [-0.3, -0.25) is 15.1 Å². The van der Waals surface area contributed by atoms with Gasteiger partial charge in [-0.25, -0.2) is 4.98 Å². The van der Waals surface area contributed by atoms with Crippen LogP contribution in [0.5, 0.6) is 5.75 Å². The van der Waals surface area contributed by atoms with E-state index in [0.717, 1.165) is 33.5 Å². The van der Waals surface area contributed by atoms with Crippen LogP contribution in [0.1, 0.15) is 16.7 Å². The average molecular weight is 470 g/mol. The number of nitrogens with zero attached hydrogens (tertiary/aromatic N) is 2. The second kappa shape index (κ2) is 11.7.